The number of rotatable bonds is 1. The number of nitrogens with zero attached hydrogens (tertiary/aromatic N) is 1. The second kappa shape index (κ2) is 3.09. The fraction of sp³-hybridized carbons (Fsp3) is 0.556. The van der Waals surface area contributed by atoms with Crippen molar-refractivity contribution in [1.82, 2.24) is 0 Å². The Hall–Kier alpha value is -1.36. The van der Waals surface area contributed by atoms with Crippen LogP contribution >= 0.6 is 0 Å². The van der Waals surface area contributed by atoms with Crippen molar-refractivity contribution in [3.05, 3.63) is 20.4 Å². The lowest BCUT2D eigenvalue weighted by atomic mass is 10.1. The molecule has 14 heavy (non-hydrogen) atoms. The lowest BCUT2D eigenvalue weighted by Gasteiger charge is -2.32. The third kappa shape index (κ3) is 1.21. The Balaban J connectivity index is 2.18. The lowest BCUT2D eigenvalue weighted by Crippen LogP contribution is -2.46. The van der Waals surface area contributed by atoms with Crippen molar-refractivity contribution in [2.24, 2.45) is 0 Å². The Bertz CT molecular complexity index is 412. The van der Waals surface area contributed by atoms with Gasteiger partial charge in [-0.25, -0.2) is 0 Å². The maximum Gasteiger partial charge on any atom is 0.253 e. The highest BCUT2D eigenvalue weighted by atomic mass is 16.3. The van der Waals surface area contributed by atoms with Crippen LogP contribution in [0.15, 0.2) is 9.59 Å². The molecular formula is C9H12N2O3. The number of aliphatic hydroxyl groups excluding tert-OH is 1. The summed E-state index contributed by atoms with van der Waals surface area (Å²) in [5, 5.41) is 9.26. The van der Waals surface area contributed by atoms with Gasteiger partial charge in [0.2, 0.25) is 0 Å². The van der Waals surface area contributed by atoms with Gasteiger partial charge in [0.05, 0.1) is 6.10 Å². The van der Waals surface area contributed by atoms with E-state index >= 15 is 0 Å². The van der Waals surface area contributed by atoms with Crippen molar-refractivity contribution in [3.8, 4) is 0 Å². The summed E-state index contributed by atoms with van der Waals surface area (Å²) in [6, 6.07) is 0. The van der Waals surface area contributed by atoms with Gasteiger partial charge in [-0.15, -0.1) is 0 Å². The standard InChI is InChI=1S/C9H12N2O3/c10-6-7(9(14)8(6)13)11-3-1-5(12)2-4-11/h5,12H,1-4,10H2. The summed E-state index contributed by atoms with van der Waals surface area (Å²) in [4.78, 5) is 23.8. The molecule has 0 spiro atoms. The SMILES string of the molecule is Nc1c(N2CCC(O)CC2)c(=O)c1=O. The largest absolute Gasteiger partial charge is 0.394 e. The molecule has 1 aromatic rings. The van der Waals surface area contributed by atoms with Crippen LogP contribution < -0.4 is 21.5 Å². The van der Waals surface area contributed by atoms with E-state index in [1.54, 1.807) is 4.90 Å². The summed E-state index contributed by atoms with van der Waals surface area (Å²) in [5.74, 6) is 0. The van der Waals surface area contributed by atoms with E-state index in [1.165, 1.54) is 0 Å². The van der Waals surface area contributed by atoms with Gasteiger partial charge in [-0.1, -0.05) is 0 Å². The molecule has 5 heteroatoms. The van der Waals surface area contributed by atoms with Crippen LogP contribution in [0.3, 0.4) is 0 Å². The van der Waals surface area contributed by atoms with Gasteiger partial charge in [0.15, 0.2) is 0 Å². The number of nitrogen functional groups attached to an aromatic ring is 1. The zero-order valence-corrected chi connectivity index (χ0v) is 7.69. The van der Waals surface area contributed by atoms with Crippen molar-refractivity contribution in [2.45, 2.75) is 18.9 Å². The van der Waals surface area contributed by atoms with Gasteiger partial charge in [-0.3, -0.25) is 9.59 Å². The van der Waals surface area contributed by atoms with E-state index < -0.39 is 10.9 Å². The molecule has 1 fully saturated rings. The van der Waals surface area contributed by atoms with Gasteiger partial charge in [0.1, 0.15) is 11.4 Å². The molecule has 0 radical (unpaired) electrons. The Morgan fingerprint density at radius 2 is 1.79 bits per heavy atom. The zero-order chi connectivity index (χ0) is 10.3. The molecule has 76 valence electrons. The molecule has 0 amide bonds. The lowest BCUT2D eigenvalue weighted by molar-refractivity contribution is 0.145. The van der Waals surface area contributed by atoms with E-state index in [9.17, 15) is 14.7 Å². The third-order valence-corrected chi connectivity index (χ3v) is 2.70. The number of hydrogen-bond acceptors (Lipinski definition) is 5. The van der Waals surface area contributed by atoms with Crippen LogP contribution in [-0.4, -0.2) is 24.3 Å². The summed E-state index contributed by atoms with van der Waals surface area (Å²) >= 11 is 0. The summed E-state index contributed by atoms with van der Waals surface area (Å²) in [6.45, 7) is 1.19. The maximum atomic E-state index is 11.2. The molecule has 1 heterocycles. The smallest absolute Gasteiger partial charge is 0.253 e. The van der Waals surface area contributed by atoms with Gasteiger partial charge >= 0.3 is 0 Å². The summed E-state index contributed by atoms with van der Waals surface area (Å²) in [6.07, 6.45) is 0.954. The summed E-state index contributed by atoms with van der Waals surface area (Å²) in [5.41, 5.74) is 4.79. The van der Waals surface area contributed by atoms with Crippen LogP contribution in [0.4, 0.5) is 11.4 Å². The average molecular weight is 196 g/mol. The van der Waals surface area contributed by atoms with Crippen molar-refractivity contribution in [2.75, 3.05) is 23.7 Å². The molecule has 0 unspecified atom stereocenters. The fourth-order valence-corrected chi connectivity index (χ4v) is 1.80. The van der Waals surface area contributed by atoms with E-state index in [-0.39, 0.29) is 11.8 Å². The fourth-order valence-electron chi connectivity index (χ4n) is 1.80. The van der Waals surface area contributed by atoms with Crippen LogP contribution in [0.5, 0.6) is 0 Å². The minimum atomic E-state index is -0.578. The highest BCUT2D eigenvalue weighted by Crippen LogP contribution is 2.21. The molecular weight excluding hydrogens is 184 g/mol. The predicted molar refractivity (Wildman–Crippen MR) is 53.2 cm³/mol. The highest BCUT2D eigenvalue weighted by molar-refractivity contribution is 5.72. The first-order valence-corrected chi connectivity index (χ1v) is 4.63. The van der Waals surface area contributed by atoms with Crippen molar-refractivity contribution in [3.63, 3.8) is 0 Å². The van der Waals surface area contributed by atoms with E-state index in [2.05, 4.69) is 0 Å². The molecule has 5 nitrogen and oxygen atoms in total. The number of nitrogens with two attached hydrogens (primary N) is 1. The van der Waals surface area contributed by atoms with Crippen molar-refractivity contribution < 1.29 is 5.11 Å². The molecule has 0 aliphatic carbocycles. The first-order chi connectivity index (χ1) is 6.61. The molecule has 3 N–H and O–H groups in total. The first-order valence-electron chi connectivity index (χ1n) is 4.63. The topological polar surface area (TPSA) is 83.6 Å². The molecule has 1 saturated heterocycles. The molecule has 0 saturated carbocycles. The number of anilines is 2. The van der Waals surface area contributed by atoms with Crippen LogP contribution in [-0.2, 0) is 0 Å². The van der Waals surface area contributed by atoms with Gasteiger partial charge in [-0.05, 0) is 12.8 Å². The van der Waals surface area contributed by atoms with Crippen LogP contribution in [0.1, 0.15) is 12.8 Å². The monoisotopic (exact) mass is 196 g/mol. The van der Waals surface area contributed by atoms with Crippen LogP contribution in [0.25, 0.3) is 0 Å². The van der Waals surface area contributed by atoms with Gasteiger partial charge in [-0.2, -0.15) is 0 Å². The van der Waals surface area contributed by atoms with Crippen molar-refractivity contribution in [1.29, 1.82) is 0 Å². The zero-order valence-electron chi connectivity index (χ0n) is 7.69. The molecule has 1 aliphatic rings. The molecule has 2 rings (SSSR count). The summed E-state index contributed by atoms with van der Waals surface area (Å²) in [7, 11) is 0. The van der Waals surface area contributed by atoms with Gasteiger partial charge < -0.3 is 15.7 Å². The average Bonchev–Trinajstić information content (AvgIpc) is 2.21. The second-order valence-corrected chi connectivity index (χ2v) is 3.64. The van der Waals surface area contributed by atoms with E-state index in [0.717, 1.165) is 0 Å². The Kier molecular flexibility index (Phi) is 2.03. The second-order valence-electron chi connectivity index (χ2n) is 3.64. The van der Waals surface area contributed by atoms with Crippen LogP contribution in [0, 0.1) is 0 Å². The van der Waals surface area contributed by atoms with E-state index in [4.69, 9.17) is 5.73 Å². The molecule has 1 aliphatic heterocycles. The van der Waals surface area contributed by atoms with E-state index in [0.29, 0.717) is 31.6 Å². The molecule has 0 aromatic heterocycles. The normalized spacial score (nSPS) is 19.1. The first kappa shape index (κ1) is 9.21. The van der Waals surface area contributed by atoms with Gasteiger partial charge in [0.25, 0.3) is 10.9 Å². The minimum Gasteiger partial charge on any atom is -0.394 e. The Labute approximate surface area is 80.4 Å². The number of piperidine rings is 1. The van der Waals surface area contributed by atoms with Gasteiger partial charge in [0, 0.05) is 13.1 Å². The molecule has 0 atom stereocenters. The van der Waals surface area contributed by atoms with Crippen LogP contribution in [0.2, 0.25) is 0 Å². The number of hydrogen-bond donors (Lipinski definition) is 2. The molecule has 0 bridgehead atoms. The molecule has 1 aromatic carbocycles. The minimum absolute atomic E-state index is 0.0754. The number of aliphatic hydroxyl groups is 1. The Morgan fingerprint density at radius 3 is 2.29 bits per heavy atom. The third-order valence-electron chi connectivity index (χ3n) is 2.70. The van der Waals surface area contributed by atoms with Crippen molar-refractivity contribution >= 4 is 11.4 Å². The van der Waals surface area contributed by atoms with E-state index in [1.807, 2.05) is 0 Å². The highest BCUT2D eigenvalue weighted by Gasteiger charge is 2.26. The quantitative estimate of drug-likeness (QED) is 0.553. The maximum absolute atomic E-state index is 11.2. The summed E-state index contributed by atoms with van der Waals surface area (Å²) < 4.78 is 0. The Morgan fingerprint density at radius 1 is 1.21 bits per heavy atom. The predicted octanol–water partition coefficient (Wildman–Crippen LogP) is -1.17.